The standard InChI is InChI=1S/C18H22ClN3O3S/c1-20-16-3-2-14(19)10-13(16)11-17(20)18(23)22-7-5-21(6-8-22)15-4-9-26(24,25)12-15/h2-3,10-11,15H,4-9,12H2,1H3. The maximum absolute atomic E-state index is 13.0. The second kappa shape index (κ2) is 6.55. The maximum atomic E-state index is 13.0. The Hall–Kier alpha value is -1.57. The first-order valence-electron chi connectivity index (χ1n) is 8.83. The van der Waals surface area contributed by atoms with Crippen LogP contribution in [0.15, 0.2) is 24.3 Å². The molecule has 2 saturated heterocycles. The topological polar surface area (TPSA) is 62.6 Å². The SMILES string of the molecule is Cn1c(C(=O)N2CCN(C3CCS(=O)(=O)C3)CC2)cc2cc(Cl)ccc21. The summed E-state index contributed by atoms with van der Waals surface area (Å²) in [7, 11) is -0.986. The Balaban J connectivity index is 1.46. The van der Waals surface area contributed by atoms with Crippen molar-refractivity contribution in [2.24, 2.45) is 7.05 Å². The van der Waals surface area contributed by atoms with E-state index in [1.165, 1.54) is 0 Å². The van der Waals surface area contributed by atoms with Crippen LogP contribution in [0, 0.1) is 0 Å². The molecule has 2 fully saturated rings. The van der Waals surface area contributed by atoms with Crippen molar-refractivity contribution < 1.29 is 13.2 Å². The summed E-state index contributed by atoms with van der Waals surface area (Å²) in [5.74, 6) is 0.554. The van der Waals surface area contributed by atoms with Crippen molar-refractivity contribution >= 4 is 38.2 Å². The van der Waals surface area contributed by atoms with E-state index in [1.807, 2.05) is 40.8 Å². The molecule has 0 radical (unpaired) electrons. The second-order valence-electron chi connectivity index (χ2n) is 7.18. The number of halogens is 1. The molecule has 2 aromatic rings. The zero-order valence-electron chi connectivity index (χ0n) is 14.7. The predicted octanol–water partition coefficient (Wildman–Crippen LogP) is 1.78. The van der Waals surface area contributed by atoms with E-state index in [0.29, 0.717) is 30.2 Å². The van der Waals surface area contributed by atoms with Gasteiger partial charge in [0.2, 0.25) is 0 Å². The van der Waals surface area contributed by atoms with Gasteiger partial charge < -0.3 is 9.47 Å². The van der Waals surface area contributed by atoms with Crippen molar-refractivity contribution in [3.05, 3.63) is 35.0 Å². The van der Waals surface area contributed by atoms with Crippen LogP contribution in [0.1, 0.15) is 16.9 Å². The van der Waals surface area contributed by atoms with Crippen LogP contribution in [0.4, 0.5) is 0 Å². The van der Waals surface area contributed by atoms with Gasteiger partial charge in [-0.2, -0.15) is 0 Å². The van der Waals surface area contributed by atoms with Crippen molar-refractivity contribution in [3.8, 4) is 0 Å². The molecule has 0 N–H and O–H groups in total. The second-order valence-corrected chi connectivity index (χ2v) is 9.84. The van der Waals surface area contributed by atoms with Gasteiger partial charge in [-0.1, -0.05) is 11.6 Å². The Kier molecular flexibility index (Phi) is 4.49. The van der Waals surface area contributed by atoms with Gasteiger partial charge >= 0.3 is 0 Å². The molecule has 2 aliphatic heterocycles. The molecule has 1 amide bonds. The monoisotopic (exact) mass is 395 g/mol. The van der Waals surface area contributed by atoms with Crippen molar-refractivity contribution in [1.82, 2.24) is 14.4 Å². The largest absolute Gasteiger partial charge is 0.340 e. The van der Waals surface area contributed by atoms with E-state index in [1.54, 1.807) is 0 Å². The number of nitrogens with zero attached hydrogens (tertiary/aromatic N) is 3. The summed E-state index contributed by atoms with van der Waals surface area (Å²) in [5, 5.41) is 1.61. The molecular weight excluding hydrogens is 374 g/mol. The highest BCUT2D eigenvalue weighted by Gasteiger charge is 2.34. The number of sulfone groups is 1. The number of hydrogen-bond acceptors (Lipinski definition) is 4. The average Bonchev–Trinajstić information content (AvgIpc) is 3.14. The van der Waals surface area contributed by atoms with Gasteiger partial charge in [-0.05, 0) is 30.7 Å². The molecule has 0 spiro atoms. The average molecular weight is 396 g/mol. The molecule has 8 heteroatoms. The molecule has 0 bridgehead atoms. The van der Waals surface area contributed by atoms with Gasteiger partial charge in [0.25, 0.3) is 5.91 Å². The van der Waals surface area contributed by atoms with Crippen LogP contribution in [0.5, 0.6) is 0 Å². The summed E-state index contributed by atoms with van der Waals surface area (Å²) in [6.07, 6.45) is 0.709. The molecule has 0 saturated carbocycles. The van der Waals surface area contributed by atoms with Crippen molar-refractivity contribution in [3.63, 3.8) is 0 Å². The molecule has 6 nitrogen and oxygen atoms in total. The Morgan fingerprint density at radius 1 is 1.15 bits per heavy atom. The molecule has 140 valence electrons. The number of piperazine rings is 1. The summed E-state index contributed by atoms with van der Waals surface area (Å²) in [6, 6.07) is 7.61. The number of amides is 1. The van der Waals surface area contributed by atoms with Gasteiger partial charge in [0.1, 0.15) is 5.69 Å². The summed E-state index contributed by atoms with van der Waals surface area (Å²) in [4.78, 5) is 17.0. The van der Waals surface area contributed by atoms with Crippen molar-refractivity contribution in [2.45, 2.75) is 12.5 Å². The first-order valence-corrected chi connectivity index (χ1v) is 11.0. The molecule has 1 atom stereocenters. The molecule has 3 heterocycles. The fourth-order valence-corrected chi connectivity index (χ4v) is 5.98. The van der Waals surface area contributed by atoms with Crippen molar-refractivity contribution in [1.29, 1.82) is 0 Å². The van der Waals surface area contributed by atoms with Crippen LogP contribution in [0.25, 0.3) is 10.9 Å². The highest BCUT2D eigenvalue weighted by atomic mass is 35.5. The lowest BCUT2D eigenvalue weighted by atomic mass is 10.2. The lowest BCUT2D eigenvalue weighted by Crippen LogP contribution is -2.52. The third-order valence-corrected chi connectivity index (χ3v) is 7.54. The highest BCUT2D eigenvalue weighted by Crippen LogP contribution is 2.24. The fourth-order valence-electron chi connectivity index (χ4n) is 4.04. The van der Waals surface area contributed by atoms with Crippen LogP contribution in [-0.4, -0.2) is 72.4 Å². The van der Waals surface area contributed by atoms with Crippen molar-refractivity contribution in [2.75, 3.05) is 37.7 Å². The number of hydrogen-bond donors (Lipinski definition) is 0. The minimum absolute atomic E-state index is 0.0125. The van der Waals surface area contributed by atoms with Gasteiger partial charge in [0, 0.05) is 55.2 Å². The number of aromatic nitrogens is 1. The normalized spacial score (nSPS) is 23.6. The predicted molar refractivity (Wildman–Crippen MR) is 102 cm³/mol. The van der Waals surface area contributed by atoms with Crippen LogP contribution in [0.2, 0.25) is 5.02 Å². The van der Waals surface area contributed by atoms with Crippen LogP contribution in [0.3, 0.4) is 0 Å². The third kappa shape index (κ3) is 3.23. The summed E-state index contributed by atoms with van der Waals surface area (Å²) in [5.41, 5.74) is 1.63. The number of benzene rings is 1. The van der Waals surface area contributed by atoms with Gasteiger partial charge in [-0.3, -0.25) is 9.69 Å². The summed E-state index contributed by atoms with van der Waals surface area (Å²) < 4.78 is 25.3. The molecule has 1 aromatic carbocycles. The van der Waals surface area contributed by atoms with Gasteiger partial charge in [-0.25, -0.2) is 8.42 Å². The van der Waals surface area contributed by atoms with E-state index >= 15 is 0 Å². The molecule has 26 heavy (non-hydrogen) atoms. The summed E-state index contributed by atoms with van der Waals surface area (Å²) >= 11 is 6.05. The quantitative estimate of drug-likeness (QED) is 0.777. The number of carbonyl (C=O) groups excluding carboxylic acids is 1. The van der Waals surface area contributed by atoms with Crippen LogP contribution in [-0.2, 0) is 16.9 Å². The molecule has 2 aliphatic rings. The number of fused-ring (bicyclic) bond motifs is 1. The molecule has 1 aromatic heterocycles. The summed E-state index contributed by atoms with van der Waals surface area (Å²) in [6.45, 7) is 2.69. The molecule has 4 rings (SSSR count). The van der Waals surface area contributed by atoms with E-state index in [2.05, 4.69) is 4.90 Å². The van der Waals surface area contributed by atoms with E-state index in [0.717, 1.165) is 24.0 Å². The highest BCUT2D eigenvalue weighted by molar-refractivity contribution is 7.91. The van der Waals surface area contributed by atoms with E-state index in [-0.39, 0.29) is 23.5 Å². The van der Waals surface area contributed by atoms with E-state index < -0.39 is 9.84 Å². The van der Waals surface area contributed by atoms with Crippen LogP contribution < -0.4 is 0 Å². The molecule has 1 unspecified atom stereocenters. The van der Waals surface area contributed by atoms with Gasteiger partial charge in [0.05, 0.1) is 11.5 Å². The van der Waals surface area contributed by atoms with E-state index in [4.69, 9.17) is 11.6 Å². The van der Waals surface area contributed by atoms with Gasteiger partial charge in [0.15, 0.2) is 9.84 Å². The van der Waals surface area contributed by atoms with Crippen LogP contribution >= 0.6 is 11.6 Å². The lowest BCUT2D eigenvalue weighted by Gasteiger charge is -2.37. The Labute approximate surface area is 158 Å². The Morgan fingerprint density at radius 2 is 1.88 bits per heavy atom. The zero-order valence-corrected chi connectivity index (χ0v) is 16.3. The lowest BCUT2D eigenvalue weighted by molar-refractivity contribution is 0.0579. The number of rotatable bonds is 2. The fraction of sp³-hybridized carbons (Fsp3) is 0.500. The van der Waals surface area contributed by atoms with Gasteiger partial charge in [-0.15, -0.1) is 0 Å². The minimum atomic E-state index is -2.88. The maximum Gasteiger partial charge on any atom is 0.270 e. The Morgan fingerprint density at radius 3 is 2.54 bits per heavy atom. The Bertz CT molecular complexity index is 961. The van der Waals surface area contributed by atoms with E-state index in [9.17, 15) is 13.2 Å². The first-order chi connectivity index (χ1) is 12.3. The minimum Gasteiger partial charge on any atom is -0.340 e. The number of carbonyl (C=O) groups is 1. The number of aryl methyl sites for hydroxylation is 1. The first kappa shape index (κ1) is 17.8. The third-order valence-electron chi connectivity index (χ3n) is 5.55. The zero-order chi connectivity index (χ0) is 18.5. The molecule has 0 aliphatic carbocycles. The molecular formula is C18H22ClN3O3S. The smallest absolute Gasteiger partial charge is 0.270 e.